The fraction of sp³-hybridized carbons (Fsp3) is 0. The number of benzene rings is 1. The van der Waals surface area contributed by atoms with Gasteiger partial charge in [-0.15, -0.1) is 0 Å². The van der Waals surface area contributed by atoms with Gasteiger partial charge in [0.15, 0.2) is 0 Å². The number of nitrogens with one attached hydrogen (secondary N) is 1. The first kappa shape index (κ1) is 10.9. The lowest BCUT2D eigenvalue weighted by Crippen LogP contribution is -2.15. The number of oxime groups is 1. The minimum Gasteiger partial charge on any atom is -0.410 e. The molecule has 1 aliphatic carbocycles. The Kier molecular flexibility index (Phi) is 1.93. The number of halogens is 1. The lowest BCUT2D eigenvalue weighted by Gasteiger charge is -2.03. The van der Waals surface area contributed by atoms with E-state index in [0.29, 0.717) is 22.5 Å². The normalized spacial score (nSPS) is 14.8. The number of nitrogens with zero attached hydrogens (tertiary/aromatic N) is 3. The number of imidazole rings is 1. The predicted molar refractivity (Wildman–Crippen MR) is 68.6 cm³/mol. The summed E-state index contributed by atoms with van der Waals surface area (Å²) in [7, 11) is 0. The molecule has 0 unspecified atom stereocenters. The zero-order chi connectivity index (χ0) is 13.9. The molecule has 1 aromatic carbocycles. The van der Waals surface area contributed by atoms with Crippen LogP contribution in [0.5, 0.6) is 0 Å². The molecule has 7 heteroatoms. The van der Waals surface area contributed by atoms with Crippen LogP contribution in [0.3, 0.4) is 0 Å². The van der Waals surface area contributed by atoms with Crippen molar-refractivity contribution in [2.45, 2.75) is 0 Å². The molecule has 6 nitrogen and oxygen atoms in total. The third-order valence-corrected chi connectivity index (χ3v) is 3.39. The highest BCUT2D eigenvalue weighted by atomic mass is 19.1. The standard InChI is InChI=1S/C13H7FN4O2/c14-6-1-2-7-8(5-6)10(17-20)11-9(7)16-13(19)12-15-3-4-18(11)12/h1-5,20H,(H,16,19). The minimum absolute atomic E-state index is 0.193. The summed E-state index contributed by atoms with van der Waals surface area (Å²) < 4.78 is 14.9. The van der Waals surface area contributed by atoms with Crippen LogP contribution >= 0.6 is 0 Å². The topological polar surface area (TPSA) is 82.8 Å². The van der Waals surface area contributed by atoms with E-state index >= 15 is 0 Å². The van der Waals surface area contributed by atoms with Gasteiger partial charge in [0.2, 0.25) is 5.65 Å². The van der Waals surface area contributed by atoms with Crippen LogP contribution in [0.2, 0.25) is 0 Å². The van der Waals surface area contributed by atoms with Crippen molar-refractivity contribution in [2.75, 3.05) is 0 Å². The first-order valence-corrected chi connectivity index (χ1v) is 5.83. The zero-order valence-electron chi connectivity index (χ0n) is 9.96. The number of aromatic amines is 1. The van der Waals surface area contributed by atoms with Gasteiger partial charge >= 0.3 is 0 Å². The quantitative estimate of drug-likeness (QED) is 0.374. The van der Waals surface area contributed by atoms with Crippen molar-refractivity contribution in [2.24, 2.45) is 5.16 Å². The number of rotatable bonds is 0. The van der Waals surface area contributed by atoms with E-state index in [1.54, 1.807) is 12.3 Å². The summed E-state index contributed by atoms with van der Waals surface area (Å²) in [4.78, 5) is 18.6. The maximum absolute atomic E-state index is 13.4. The summed E-state index contributed by atoms with van der Waals surface area (Å²) >= 11 is 0. The molecule has 0 saturated carbocycles. The SMILES string of the molecule is O=c1[nH]c2c(n3ccnc13)C(=NO)c1cc(F)ccc1-2. The summed E-state index contributed by atoms with van der Waals surface area (Å²) in [6, 6.07) is 4.10. The first-order chi connectivity index (χ1) is 9.70. The molecule has 2 aromatic heterocycles. The van der Waals surface area contributed by atoms with E-state index in [-0.39, 0.29) is 16.9 Å². The molecule has 0 saturated heterocycles. The van der Waals surface area contributed by atoms with Crippen molar-refractivity contribution in [1.29, 1.82) is 0 Å². The average molecular weight is 270 g/mol. The molecule has 0 bridgehead atoms. The van der Waals surface area contributed by atoms with Crippen LogP contribution in [-0.4, -0.2) is 25.3 Å². The molecule has 0 atom stereocenters. The summed E-state index contributed by atoms with van der Waals surface area (Å²) in [5.74, 6) is -0.443. The Morgan fingerprint density at radius 2 is 2.20 bits per heavy atom. The van der Waals surface area contributed by atoms with E-state index in [1.807, 2.05) is 0 Å². The van der Waals surface area contributed by atoms with E-state index in [1.165, 1.54) is 22.7 Å². The predicted octanol–water partition coefficient (Wildman–Crippen LogP) is 1.37. The summed E-state index contributed by atoms with van der Waals surface area (Å²) in [5.41, 5.74) is 2.06. The Hall–Kier alpha value is -2.96. The lowest BCUT2D eigenvalue weighted by molar-refractivity contribution is 0.319. The van der Waals surface area contributed by atoms with Crippen molar-refractivity contribution >= 4 is 11.4 Å². The molecule has 20 heavy (non-hydrogen) atoms. The highest BCUT2D eigenvalue weighted by Crippen LogP contribution is 2.35. The lowest BCUT2D eigenvalue weighted by atomic mass is 10.1. The van der Waals surface area contributed by atoms with Crippen LogP contribution in [-0.2, 0) is 0 Å². The molecule has 3 aromatic rings. The van der Waals surface area contributed by atoms with Crippen LogP contribution in [0.1, 0.15) is 11.3 Å². The van der Waals surface area contributed by atoms with Gasteiger partial charge in [0.25, 0.3) is 5.56 Å². The second-order valence-electron chi connectivity index (χ2n) is 4.44. The van der Waals surface area contributed by atoms with Gasteiger partial charge in [-0.1, -0.05) is 5.16 Å². The van der Waals surface area contributed by atoms with Crippen LogP contribution in [0.25, 0.3) is 16.9 Å². The summed E-state index contributed by atoms with van der Waals surface area (Å²) in [6.07, 6.45) is 3.07. The highest BCUT2D eigenvalue weighted by Gasteiger charge is 2.30. The second-order valence-corrected chi connectivity index (χ2v) is 4.44. The molecule has 0 amide bonds. The Morgan fingerprint density at radius 1 is 1.35 bits per heavy atom. The largest absolute Gasteiger partial charge is 0.410 e. The molecular formula is C13H7FN4O2. The molecule has 0 aliphatic heterocycles. The molecular weight excluding hydrogens is 263 g/mol. The fourth-order valence-electron chi connectivity index (χ4n) is 2.59. The van der Waals surface area contributed by atoms with Crippen molar-refractivity contribution < 1.29 is 9.60 Å². The smallest absolute Gasteiger partial charge is 0.292 e. The Morgan fingerprint density at radius 3 is 3.00 bits per heavy atom. The monoisotopic (exact) mass is 270 g/mol. The number of fused-ring (bicyclic) bond motifs is 5. The fourth-order valence-corrected chi connectivity index (χ4v) is 2.59. The second kappa shape index (κ2) is 3.53. The number of aromatic nitrogens is 3. The molecule has 2 N–H and O–H groups in total. The first-order valence-electron chi connectivity index (χ1n) is 5.83. The molecule has 4 rings (SSSR count). The van der Waals surface area contributed by atoms with Gasteiger partial charge in [-0.05, 0) is 18.2 Å². The van der Waals surface area contributed by atoms with Crippen molar-refractivity contribution in [3.05, 3.63) is 58.0 Å². The molecule has 2 heterocycles. The van der Waals surface area contributed by atoms with E-state index in [2.05, 4.69) is 15.1 Å². The number of hydrogen-bond acceptors (Lipinski definition) is 4. The highest BCUT2D eigenvalue weighted by molar-refractivity contribution is 6.22. The number of H-pyrrole nitrogens is 1. The van der Waals surface area contributed by atoms with Gasteiger partial charge < -0.3 is 10.2 Å². The third-order valence-electron chi connectivity index (χ3n) is 3.39. The Bertz CT molecular complexity index is 955. The average Bonchev–Trinajstić information content (AvgIpc) is 3.01. The summed E-state index contributed by atoms with van der Waals surface area (Å²) in [5, 5.41) is 12.5. The molecule has 1 aliphatic rings. The van der Waals surface area contributed by atoms with Crippen LogP contribution in [0, 0.1) is 5.82 Å². The van der Waals surface area contributed by atoms with Crippen molar-refractivity contribution in [1.82, 2.24) is 14.4 Å². The number of hydrogen-bond donors (Lipinski definition) is 2. The van der Waals surface area contributed by atoms with E-state index < -0.39 is 5.82 Å². The van der Waals surface area contributed by atoms with Gasteiger partial charge in [0.1, 0.15) is 17.2 Å². The summed E-state index contributed by atoms with van der Waals surface area (Å²) in [6.45, 7) is 0. The van der Waals surface area contributed by atoms with E-state index in [4.69, 9.17) is 0 Å². The molecule has 0 spiro atoms. The van der Waals surface area contributed by atoms with Crippen LogP contribution in [0.4, 0.5) is 4.39 Å². The van der Waals surface area contributed by atoms with Gasteiger partial charge in [0, 0.05) is 23.5 Å². The van der Waals surface area contributed by atoms with Crippen LogP contribution in [0.15, 0.2) is 40.5 Å². The maximum Gasteiger partial charge on any atom is 0.292 e. The third kappa shape index (κ3) is 1.18. The van der Waals surface area contributed by atoms with Gasteiger partial charge in [-0.3, -0.25) is 9.20 Å². The van der Waals surface area contributed by atoms with E-state index in [9.17, 15) is 14.4 Å². The van der Waals surface area contributed by atoms with Crippen LogP contribution < -0.4 is 5.56 Å². The zero-order valence-corrected chi connectivity index (χ0v) is 9.96. The maximum atomic E-state index is 13.4. The molecule has 0 fully saturated rings. The minimum atomic E-state index is -0.443. The van der Waals surface area contributed by atoms with E-state index in [0.717, 1.165) is 0 Å². The van der Waals surface area contributed by atoms with Crippen molar-refractivity contribution in [3.63, 3.8) is 0 Å². The van der Waals surface area contributed by atoms with Gasteiger partial charge in [-0.25, -0.2) is 9.37 Å². The Labute approximate surface area is 110 Å². The molecule has 0 radical (unpaired) electrons. The Balaban J connectivity index is 2.23. The molecule has 98 valence electrons. The van der Waals surface area contributed by atoms with Gasteiger partial charge in [0.05, 0.1) is 5.69 Å². The van der Waals surface area contributed by atoms with Gasteiger partial charge in [-0.2, -0.15) is 0 Å². The van der Waals surface area contributed by atoms with Crippen molar-refractivity contribution in [3.8, 4) is 11.3 Å².